The van der Waals surface area contributed by atoms with Gasteiger partial charge in [-0.1, -0.05) is 13.8 Å². The molecule has 0 aromatic heterocycles. The maximum atomic E-state index is 12.5. The summed E-state index contributed by atoms with van der Waals surface area (Å²) < 4.78 is 5.15. The molecule has 1 amide bonds. The lowest BCUT2D eigenvalue weighted by Crippen LogP contribution is -2.42. The molecule has 0 radical (unpaired) electrons. The summed E-state index contributed by atoms with van der Waals surface area (Å²) in [5.41, 5.74) is 0. The molecule has 1 atom stereocenters. The Morgan fingerprint density at radius 1 is 1.40 bits per heavy atom. The normalized spacial score (nSPS) is 19.3. The molecular formula is C16H32N2O2. The fourth-order valence-electron chi connectivity index (χ4n) is 3.07. The second-order valence-corrected chi connectivity index (χ2v) is 5.80. The lowest BCUT2D eigenvalue weighted by Gasteiger charge is -2.31. The van der Waals surface area contributed by atoms with Crippen LogP contribution in [-0.2, 0) is 9.53 Å². The summed E-state index contributed by atoms with van der Waals surface area (Å²) in [7, 11) is 1.70. The summed E-state index contributed by atoms with van der Waals surface area (Å²) in [5.74, 6) is 0.986. The van der Waals surface area contributed by atoms with Gasteiger partial charge in [0.15, 0.2) is 0 Å². The number of nitrogens with one attached hydrogen (secondary N) is 1. The van der Waals surface area contributed by atoms with E-state index in [1.54, 1.807) is 7.11 Å². The average Bonchev–Trinajstić information content (AvgIpc) is 2.50. The van der Waals surface area contributed by atoms with Crippen LogP contribution < -0.4 is 5.32 Å². The zero-order valence-electron chi connectivity index (χ0n) is 13.5. The second kappa shape index (κ2) is 10.2. The molecule has 0 aliphatic carbocycles. The van der Waals surface area contributed by atoms with Gasteiger partial charge >= 0.3 is 0 Å². The Kier molecular flexibility index (Phi) is 8.86. The molecule has 20 heavy (non-hydrogen) atoms. The summed E-state index contributed by atoms with van der Waals surface area (Å²) >= 11 is 0. The Balaban J connectivity index is 2.44. The molecule has 4 nitrogen and oxygen atoms in total. The number of rotatable bonds is 9. The topological polar surface area (TPSA) is 41.6 Å². The van der Waals surface area contributed by atoms with Gasteiger partial charge < -0.3 is 15.0 Å². The fraction of sp³-hybridized carbons (Fsp3) is 0.938. The average molecular weight is 284 g/mol. The van der Waals surface area contributed by atoms with Crippen molar-refractivity contribution in [3.05, 3.63) is 0 Å². The van der Waals surface area contributed by atoms with Crippen LogP contribution in [0, 0.1) is 5.92 Å². The first-order valence-corrected chi connectivity index (χ1v) is 8.22. The highest BCUT2D eigenvalue weighted by Crippen LogP contribution is 2.18. The third-order valence-electron chi connectivity index (χ3n) is 4.41. The van der Waals surface area contributed by atoms with E-state index in [1.165, 1.54) is 12.8 Å². The third kappa shape index (κ3) is 5.80. The summed E-state index contributed by atoms with van der Waals surface area (Å²) in [4.78, 5) is 14.5. The highest BCUT2D eigenvalue weighted by Gasteiger charge is 2.22. The van der Waals surface area contributed by atoms with Gasteiger partial charge in [0, 0.05) is 26.1 Å². The van der Waals surface area contributed by atoms with Crippen LogP contribution in [0.3, 0.4) is 0 Å². The summed E-state index contributed by atoms with van der Waals surface area (Å²) in [6.07, 6.45) is 6.28. The molecule has 0 bridgehead atoms. The standard InChI is InChI=1S/C16H32N2O2/c1-4-15(5-2)18(11-12-20-3)16(19)9-8-14-7-6-10-17-13-14/h14-15,17H,4-13H2,1-3H3. The molecule has 1 unspecified atom stereocenters. The fourth-order valence-corrected chi connectivity index (χ4v) is 3.07. The number of methoxy groups -OCH3 is 1. The maximum absolute atomic E-state index is 12.5. The Morgan fingerprint density at radius 3 is 2.70 bits per heavy atom. The van der Waals surface area contributed by atoms with Gasteiger partial charge in [0.25, 0.3) is 0 Å². The lowest BCUT2D eigenvalue weighted by atomic mass is 9.94. The molecule has 0 aromatic carbocycles. The van der Waals surface area contributed by atoms with E-state index in [9.17, 15) is 4.79 Å². The Bertz CT molecular complexity index is 261. The minimum atomic E-state index is 0.307. The molecule has 1 heterocycles. The molecule has 0 spiro atoms. The SMILES string of the molecule is CCC(CC)N(CCOC)C(=O)CCC1CCCNC1. The minimum Gasteiger partial charge on any atom is -0.383 e. The van der Waals surface area contributed by atoms with Gasteiger partial charge in [-0.3, -0.25) is 4.79 Å². The Hall–Kier alpha value is -0.610. The number of hydrogen-bond donors (Lipinski definition) is 1. The van der Waals surface area contributed by atoms with E-state index in [2.05, 4.69) is 19.2 Å². The van der Waals surface area contributed by atoms with Gasteiger partial charge in [-0.05, 0) is 51.1 Å². The van der Waals surface area contributed by atoms with Crippen molar-refractivity contribution in [2.24, 2.45) is 5.92 Å². The van der Waals surface area contributed by atoms with Crippen LogP contribution in [0.4, 0.5) is 0 Å². The van der Waals surface area contributed by atoms with Crippen molar-refractivity contribution in [2.45, 2.75) is 58.4 Å². The Labute approximate surface area is 124 Å². The van der Waals surface area contributed by atoms with Crippen molar-refractivity contribution < 1.29 is 9.53 Å². The Morgan fingerprint density at radius 2 is 2.15 bits per heavy atom. The quantitative estimate of drug-likeness (QED) is 0.707. The first kappa shape index (κ1) is 17.4. The van der Waals surface area contributed by atoms with Crippen LogP contribution in [0.5, 0.6) is 0 Å². The van der Waals surface area contributed by atoms with Crippen molar-refractivity contribution in [1.82, 2.24) is 10.2 Å². The van der Waals surface area contributed by atoms with Gasteiger partial charge in [-0.2, -0.15) is 0 Å². The first-order chi connectivity index (χ1) is 9.72. The summed E-state index contributed by atoms with van der Waals surface area (Å²) in [5, 5.41) is 3.42. The van der Waals surface area contributed by atoms with E-state index in [1.807, 2.05) is 4.90 Å². The predicted molar refractivity (Wildman–Crippen MR) is 82.8 cm³/mol. The number of piperidine rings is 1. The smallest absolute Gasteiger partial charge is 0.222 e. The van der Waals surface area contributed by atoms with Gasteiger partial charge in [0.1, 0.15) is 0 Å². The molecule has 0 saturated carbocycles. The summed E-state index contributed by atoms with van der Waals surface area (Å²) in [6.45, 7) is 7.89. The molecule has 0 aromatic rings. The monoisotopic (exact) mass is 284 g/mol. The van der Waals surface area contributed by atoms with E-state index in [0.717, 1.165) is 38.9 Å². The van der Waals surface area contributed by atoms with E-state index >= 15 is 0 Å². The number of hydrogen-bond acceptors (Lipinski definition) is 3. The van der Waals surface area contributed by atoms with Crippen molar-refractivity contribution in [3.63, 3.8) is 0 Å². The van der Waals surface area contributed by atoms with Crippen LogP contribution in [0.25, 0.3) is 0 Å². The minimum absolute atomic E-state index is 0.307. The number of carbonyl (C=O) groups is 1. The third-order valence-corrected chi connectivity index (χ3v) is 4.41. The first-order valence-electron chi connectivity index (χ1n) is 8.22. The highest BCUT2D eigenvalue weighted by atomic mass is 16.5. The van der Waals surface area contributed by atoms with E-state index < -0.39 is 0 Å². The van der Waals surface area contributed by atoms with Crippen molar-refractivity contribution in [1.29, 1.82) is 0 Å². The number of amides is 1. The van der Waals surface area contributed by atoms with Crippen LogP contribution in [0.15, 0.2) is 0 Å². The zero-order valence-corrected chi connectivity index (χ0v) is 13.5. The molecular weight excluding hydrogens is 252 g/mol. The van der Waals surface area contributed by atoms with Crippen molar-refractivity contribution >= 4 is 5.91 Å². The van der Waals surface area contributed by atoms with Crippen molar-refractivity contribution in [2.75, 3.05) is 33.4 Å². The molecule has 4 heteroatoms. The molecule has 1 N–H and O–H groups in total. The maximum Gasteiger partial charge on any atom is 0.222 e. The largest absolute Gasteiger partial charge is 0.383 e. The van der Waals surface area contributed by atoms with Crippen LogP contribution >= 0.6 is 0 Å². The van der Waals surface area contributed by atoms with E-state index in [-0.39, 0.29) is 0 Å². The molecule has 1 saturated heterocycles. The molecule has 1 rings (SSSR count). The second-order valence-electron chi connectivity index (χ2n) is 5.80. The molecule has 1 fully saturated rings. The number of nitrogens with zero attached hydrogens (tertiary/aromatic N) is 1. The van der Waals surface area contributed by atoms with Gasteiger partial charge in [-0.15, -0.1) is 0 Å². The van der Waals surface area contributed by atoms with Crippen LogP contribution in [0.1, 0.15) is 52.4 Å². The van der Waals surface area contributed by atoms with E-state index in [0.29, 0.717) is 30.9 Å². The molecule has 1 aliphatic heterocycles. The van der Waals surface area contributed by atoms with Gasteiger partial charge in [-0.25, -0.2) is 0 Å². The number of ether oxygens (including phenoxy) is 1. The molecule has 118 valence electrons. The number of carbonyl (C=O) groups excluding carboxylic acids is 1. The molecule has 1 aliphatic rings. The van der Waals surface area contributed by atoms with Gasteiger partial charge in [0.05, 0.1) is 6.61 Å². The zero-order chi connectivity index (χ0) is 14.8. The lowest BCUT2D eigenvalue weighted by molar-refractivity contribution is -0.134. The van der Waals surface area contributed by atoms with Crippen molar-refractivity contribution in [3.8, 4) is 0 Å². The highest BCUT2D eigenvalue weighted by molar-refractivity contribution is 5.76. The predicted octanol–water partition coefficient (Wildman–Crippen LogP) is 2.43. The van der Waals surface area contributed by atoms with Crippen LogP contribution in [-0.4, -0.2) is 50.2 Å². The summed E-state index contributed by atoms with van der Waals surface area (Å²) in [6, 6.07) is 0.363. The van der Waals surface area contributed by atoms with Crippen LogP contribution in [0.2, 0.25) is 0 Å². The van der Waals surface area contributed by atoms with E-state index in [4.69, 9.17) is 4.74 Å². The van der Waals surface area contributed by atoms with Gasteiger partial charge in [0.2, 0.25) is 5.91 Å².